The third kappa shape index (κ3) is 1.79. The van der Waals surface area contributed by atoms with Crippen molar-refractivity contribution >= 4 is 16.7 Å². The highest BCUT2D eigenvalue weighted by molar-refractivity contribution is 5.81. The van der Waals surface area contributed by atoms with E-state index in [-0.39, 0.29) is 5.88 Å². The number of imidazole rings is 1. The van der Waals surface area contributed by atoms with Crippen LogP contribution in [0.3, 0.4) is 0 Å². The molecule has 22 heavy (non-hydrogen) atoms. The number of benzene rings is 2. The van der Waals surface area contributed by atoms with E-state index in [0.717, 1.165) is 22.3 Å². The Labute approximate surface area is 126 Å². The fourth-order valence-corrected chi connectivity index (χ4v) is 2.59. The zero-order chi connectivity index (χ0) is 15.1. The molecule has 0 saturated heterocycles. The van der Waals surface area contributed by atoms with Crippen LogP contribution in [-0.4, -0.2) is 26.6 Å². The van der Waals surface area contributed by atoms with Gasteiger partial charge in [0.25, 0.3) is 0 Å². The first-order valence-electron chi connectivity index (χ1n) is 6.87. The Morgan fingerprint density at radius 2 is 1.82 bits per heavy atom. The van der Waals surface area contributed by atoms with Gasteiger partial charge >= 0.3 is 0 Å². The van der Waals surface area contributed by atoms with Crippen LogP contribution in [0.25, 0.3) is 27.9 Å². The van der Waals surface area contributed by atoms with Gasteiger partial charge in [0.15, 0.2) is 5.65 Å². The van der Waals surface area contributed by atoms with Crippen LogP contribution in [-0.2, 0) is 0 Å². The Kier molecular flexibility index (Phi) is 2.72. The standard InChI is InChI=1S/C17H13N3O2/c1-22-12-8-6-11(7-9-12)16-17(21)20-14-5-3-2-4-13(14)18-10-15(20)19-16/h2-10,21H,1H3. The first-order valence-corrected chi connectivity index (χ1v) is 6.87. The molecule has 0 fully saturated rings. The number of aromatic hydroxyl groups is 1. The van der Waals surface area contributed by atoms with Crippen molar-refractivity contribution < 1.29 is 9.84 Å². The molecule has 0 aliphatic heterocycles. The van der Waals surface area contributed by atoms with Crippen molar-refractivity contribution in [1.82, 2.24) is 14.4 Å². The summed E-state index contributed by atoms with van der Waals surface area (Å²) in [5.41, 5.74) is 3.60. The normalized spacial score (nSPS) is 11.1. The van der Waals surface area contributed by atoms with E-state index in [1.165, 1.54) is 0 Å². The smallest absolute Gasteiger partial charge is 0.224 e. The maximum Gasteiger partial charge on any atom is 0.224 e. The SMILES string of the molecule is COc1ccc(-c2nc3cnc4ccccc4n3c2O)cc1. The molecule has 5 heteroatoms. The molecule has 0 saturated carbocycles. The lowest BCUT2D eigenvalue weighted by molar-refractivity contribution is 0.415. The second-order valence-electron chi connectivity index (χ2n) is 4.95. The van der Waals surface area contributed by atoms with E-state index in [2.05, 4.69) is 9.97 Å². The second kappa shape index (κ2) is 4.73. The third-order valence-corrected chi connectivity index (χ3v) is 3.68. The van der Waals surface area contributed by atoms with Crippen LogP contribution in [0.4, 0.5) is 0 Å². The van der Waals surface area contributed by atoms with E-state index in [1.54, 1.807) is 17.7 Å². The Bertz CT molecular complexity index is 974. The number of para-hydroxylation sites is 2. The van der Waals surface area contributed by atoms with E-state index in [9.17, 15) is 5.11 Å². The van der Waals surface area contributed by atoms with Crippen LogP contribution in [0.2, 0.25) is 0 Å². The lowest BCUT2D eigenvalue weighted by Crippen LogP contribution is -1.89. The fourth-order valence-electron chi connectivity index (χ4n) is 2.59. The number of aromatic nitrogens is 3. The van der Waals surface area contributed by atoms with E-state index in [1.807, 2.05) is 48.5 Å². The van der Waals surface area contributed by atoms with Crippen molar-refractivity contribution in [3.05, 3.63) is 54.7 Å². The van der Waals surface area contributed by atoms with Crippen LogP contribution in [0.5, 0.6) is 11.6 Å². The molecule has 2 aromatic heterocycles. The Morgan fingerprint density at radius 1 is 1.05 bits per heavy atom. The summed E-state index contributed by atoms with van der Waals surface area (Å²) in [6.07, 6.45) is 1.66. The van der Waals surface area contributed by atoms with Crippen LogP contribution in [0.15, 0.2) is 54.7 Å². The first kappa shape index (κ1) is 12.6. The van der Waals surface area contributed by atoms with E-state index < -0.39 is 0 Å². The summed E-state index contributed by atoms with van der Waals surface area (Å²) in [4.78, 5) is 8.87. The summed E-state index contributed by atoms with van der Waals surface area (Å²) in [5, 5.41) is 10.6. The van der Waals surface area contributed by atoms with Crippen LogP contribution < -0.4 is 4.74 Å². The van der Waals surface area contributed by atoms with E-state index in [0.29, 0.717) is 11.3 Å². The van der Waals surface area contributed by atoms with Crippen LogP contribution >= 0.6 is 0 Å². The monoisotopic (exact) mass is 291 g/mol. The van der Waals surface area contributed by atoms with Gasteiger partial charge in [-0.3, -0.25) is 9.38 Å². The van der Waals surface area contributed by atoms with Gasteiger partial charge in [-0.25, -0.2) is 4.98 Å². The topological polar surface area (TPSA) is 59.7 Å². The average molecular weight is 291 g/mol. The van der Waals surface area contributed by atoms with Gasteiger partial charge in [-0.2, -0.15) is 0 Å². The highest BCUT2D eigenvalue weighted by atomic mass is 16.5. The van der Waals surface area contributed by atoms with Gasteiger partial charge in [0.05, 0.1) is 24.3 Å². The van der Waals surface area contributed by atoms with Crippen molar-refractivity contribution in [3.8, 4) is 22.9 Å². The molecule has 108 valence electrons. The number of ether oxygens (including phenoxy) is 1. The van der Waals surface area contributed by atoms with Crippen molar-refractivity contribution in [2.45, 2.75) is 0 Å². The van der Waals surface area contributed by atoms with Gasteiger partial charge in [-0.05, 0) is 36.4 Å². The highest BCUT2D eigenvalue weighted by Crippen LogP contribution is 2.32. The lowest BCUT2D eigenvalue weighted by atomic mass is 10.1. The van der Waals surface area contributed by atoms with Crippen LogP contribution in [0.1, 0.15) is 0 Å². The molecule has 0 bridgehead atoms. The number of hydrogen-bond donors (Lipinski definition) is 1. The molecule has 1 N–H and O–H groups in total. The molecular weight excluding hydrogens is 278 g/mol. The zero-order valence-electron chi connectivity index (χ0n) is 11.9. The molecule has 0 aliphatic rings. The number of rotatable bonds is 2. The largest absolute Gasteiger partial charge is 0.497 e. The number of fused-ring (bicyclic) bond motifs is 3. The first-order chi connectivity index (χ1) is 10.8. The van der Waals surface area contributed by atoms with Gasteiger partial charge in [-0.15, -0.1) is 0 Å². The molecule has 4 aromatic rings. The van der Waals surface area contributed by atoms with Crippen LogP contribution in [0, 0.1) is 0 Å². The minimum Gasteiger partial charge on any atom is -0.497 e. The second-order valence-corrected chi connectivity index (χ2v) is 4.95. The molecule has 0 amide bonds. The fraction of sp³-hybridized carbons (Fsp3) is 0.0588. The third-order valence-electron chi connectivity index (χ3n) is 3.68. The molecule has 2 aromatic carbocycles. The summed E-state index contributed by atoms with van der Waals surface area (Å²) < 4.78 is 6.86. The Morgan fingerprint density at radius 3 is 2.59 bits per heavy atom. The van der Waals surface area contributed by atoms with Gasteiger partial charge in [-0.1, -0.05) is 12.1 Å². The zero-order valence-corrected chi connectivity index (χ0v) is 11.9. The van der Waals surface area contributed by atoms with Crippen molar-refractivity contribution in [2.24, 2.45) is 0 Å². The average Bonchev–Trinajstić information content (AvgIpc) is 2.92. The molecule has 0 atom stereocenters. The molecule has 4 rings (SSSR count). The van der Waals surface area contributed by atoms with Gasteiger partial charge in [0.1, 0.15) is 11.4 Å². The van der Waals surface area contributed by atoms with E-state index in [4.69, 9.17) is 4.74 Å². The van der Waals surface area contributed by atoms with E-state index >= 15 is 0 Å². The summed E-state index contributed by atoms with van der Waals surface area (Å²) in [7, 11) is 1.62. The lowest BCUT2D eigenvalue weighted by Gasteiger charge is -2.03. The molecule has 0 radical (unpaired) electrons. The van der Waals surface area contributed by atoms with Gasteiger partial charge in [0, 0.05) is 5.56 Å². The van der Waals surface area contributed by atoms with Crippen molar-refractivity contribution in [3.63, 3.8) is 0 Å². The Balaban J connectivity index is 1.98. The minimum absolute atomic E-state index is 0.110. The summed E-state index contributed by atoms with van der Waals surface area (Å²) in [6.45, 7) is 0. The predicted octanol–water partition coefficient (Wildman–Crippen LogP) is 3.26. The predicted molar refractivity (Wildman–Crippen MR) is 84.1 cm³/mol. The molecule has 0 spiro atoms. The van der Waals surface area contributed by atoms with Gasteiger partial charge in [0.2, 0.25) is 5.88 Å². The number of methoxy groups -OCH3 is 1. The molecular formula is C17H13N3O2. The van der Waals surface area contributed by atoms with Crippen molar-refractivity contribution in [1.29, 1.82) is 0 Å². The van der Waals surface area contributed by atoms with Gasteiger partial charge < -0.3 is 9.84 Å². The number of hydrogen-bond acceptors (Lipinski definition) is 4. The summed E-state index contributed by atoms with van der Waals surface area (Å²) in [6, 6.07) is 15.1. The quantitative estimate of drug-likeness (QED) is 0.616. The maximum atomic E-state index is 10.6. The highest BCUT2D eigenvalue weighted by Gasteiger charge is 2.15. The molecule has 0 aliphatic carbocycles. The summed E-state index contributed by atoms with van der Waals surface area (Å²) in [5.74, 6) is 0.873. The maximum absolute atomic E-state index is 10.6. The number of nitrogens with zero attached hydrogens (tertiary/aromatic N) is 3. The summed E-state index contributed by atoms with van der Waals surface area (Å²) >= 11 is 0. The molecule has 2 heterocycles. The Hall–Kier alpha value is -3.08. The minimum atomic E-state index is 0.110. The molecule has 5 nitrogen and oxygen atoms in total. The van der Waals surface area contributed by atoms with Crippen molar-refractivity contribution in [2.75, 3.05) is 7.11 Å². The molecule has 0 unspecified atom stereocenters.